The molecule has 0 amide bonds. The van der Waals surface area contributed by atoms with E-state index in [0.29, 0.717) is 0 Å². The highest BCUT2D eigenvalue weighted by Crippen LogP contribution is 2.25. The van der Waals surface area contributed by atoms with Gasteiger partial charge in [-0.1, -0.05) is 0 Å². The van der Waals surface area contributed by atoms with Gasteiger partial charge in [0.05, 0.1) is 18.5 Å². The summed E-state index contributed by atoms with van der Waals surface area (Å²) in [5.74, 6) is 0.839. The second kappa shape index (κ2) is 5.27. The summed E-state index contributed by atoms with van der Waals surface area (Å²) in [4.78, 5) is 0. The molecule has 0 aliphatic carbocycles. The maximum atomic E-state index is 5.93. The number of ether oxygens (including phenoxy) is 1. The normalized spacial score (nSPS) is 10.0. The van der Waals surface area contributed by atoms with Crippen LogP contribution < -0.4 is 15.8 Å². The molecule has 3 N–H and O–H groups in total. The van der Waals surface area contributed by atoms with E-state index in [9.17, 15) is 0 Å². The molecule has 0 aromatic heterocycles. The maximum Gasteiger partial charge on any atom is 0.119 e. The van der Waals surface area contributed by atoms with Crippen LogP contribution in [-0.2, 0) is 0 Å². The third-order valence-electron chi connectivity index (χ3n) is 2.38. The predicted molar refractivity (Wildman–Crippen MR) is 79.8 cm³/mol. The van der Waals surface area contributed by atoms with Crippen LogP contribution in [0.3, 0.4) is 0 Å². The van der Waals surface area contributed by atoms with Crippen LogP contribution in [-0.4, -0.2) is 7.11 Å². The van der Waals surface area contributed by atoms with Crippen LogP contribution in [0.25, 0.3) is 0 Å². The lowest BCUT2D eigenvalue weighted by molar-refractivity contribution is 0.415. The highest BCUT2D eigenvalue weighted by molar-refractivity contribution is 14.1. The summed E-state index contributed by atoms with van der Waals surface area (Å²) in [6, 6.07) is 13.7. The minimum Gasteiger partial charge on any atom is -0.497 e. The van der Waals surface area contributed by atoms with E-state index in [0.717, 1.165) is 26.4 Å². The van der Waals surface area contributed by atoms with Crippen LogP contribution in [0.2, 0.25) is 0 Å². The first kappa shape index (κ1) is 12.0. The van der Waals surface area contributed by atoms with Gasteiger partial charge in [0.2, 0.25) is 0 Å². The Kier molecular flexibility index (Phi) is 3.73. The van der Waals surface area contributed by atoms with Gasteiger partial charge in [-0.2, -0.15) is 0 Å². The molecular weight excluding hydrogens is 327 g/mol. The Bertz CT molecular complexity index is 511. The van der Waals surface area contributed by atoms with E-state index in [2.05, 4.69) is 27.9 Å². The first-order valence-electron chi connectivity index (χ1n) is 5.15. The molecule has 0 saturated carbocycles. The third kappa shape index (κ3) is 3.03. The lowest BCUT2D eigenvalue weighted by Gasteiger charge is -2.10. The number of nitrogens with one attached hydrogen (secondary N) is 1. The zero-order chi connectivity index (χ0) is 12.3. The fraction of sp³-hybridized carbons (Fsp3) is 0.0769. The number of nitrogen functional groups attached to an aromatic ring is 1. The minimum atomic E-state index is 0.743. The molecule has 0 atom stereocenters. The second-order valence-corrected chi connectivity index (χ2v) is 4.83. The summed E-state index contributed by atoms with van der Waals surface area (Å²) in [7, 11) is 1.65. The van der Waals surface area contributed by atoms with Gasteiger partial charge in [-0.3, -0.25) is 0 Å². The Balaban J connectivity index is 2.19. The van der Waals surface area contributed by atoms with Gasteiger partial charge in [-0.15, -0.1) is 0 Å². The number of hydrogen-bond donors (Lipinski definition) is 2. The average molecular weight is 340 g/mol. The number of anilines is 3. The number of benzene rings is 2. The molecule has 17 heavy (non-hydrogen) atoms. The van der Waals surface area contributed by atoms with Crippen molar-refractivity contribution in [2.24, 2.45) is 0 Å². The monoisotopic (exact) mass is 340 g/mol. The Morgan fingerprint density at radius 1 is 1.12 bits per heavy atom. The molecule has 2 aromatic carbocycles. The van der Waals surface area contributed by atoms with Crippen molar-refractivity contribution in [2.75, 3.05) is 18.2 Å². The van der Waals surface area contributed by atoms with Crippen molar-refractivity contribution in [2.45, 2.75) is 0 Å². The number of hydrogen-bond acceptors (Lipinski definition) is 3. The number of methoxy groups -OCH3 is 1. The number of nitrogens with two attached hydrogens (primary N) is 1. The van der Waals surface area contributed by atoms with Crippen LogP contribution in [0, 0.1) is 3.57 Å². The highest BCUT2D eigenvalue weighted by atomic mass is 127. The smallest absolute Gasteiger partial charge is 0.119 e. The zero-order valence-electron chi connectivity index (χ0n) is 9.41. The van der Waals surface area contributed by atoms with Crippen LogP contribution in [0.4, 0.5) is 17.1 Å². The molecule has 0 radical (unpaired) electrons. The molecule has 0 aliphatic rings. The zero-order valence-corrected chi connectivity index (χ0v) is 11.6. The van der Waals surface area contributed by atoms with Crippen LogP contribution >= 0.6 is 22.6 Å². The van der Waals surface area contributed by atoms with Crippen LogP contribution in [0.15, 0.2) is 42.5 Å². The average Bonchev–Trinajstić information content (AvgIpc) is 2.34. The van der Waals surface area contributed by atoms with Crippen molar-refractivity contribution in [1.29, 1.82) is 0 Å². The first-order chi connectivity index (χ1) is 8.19. The molecule has 0 saturated heterocycles. The van der Waals surface area contributed by atoms with E-state index >= 15 is 0 Å². The van der Waals surface area contributed by atoms with E-state index in [1.165, 1.54) is 0 Å². The Morgan fingerprint density at radius 2 is 1.82 bits per heavy atom. The van der Waals surface area contributed by atoms with E-state index in [4.69, 9.17) is 10.5 Å². The fourth-order valence-corrected chi connectivity index (χ4v) is 1.99. The molecule has 0 unspecified atom stereocenters. The van der Waals surface area contributed by atoms with Crippen molar-refractivity contribution in [3.05, 3.63) is 46.0 Å². The molecular formula is C13H13IN2O. The Hall–Kier alpha value is -1.43. The van der Waals surface area contributed by atoms with Crippen LogP contribution in [0.1, 0.15) is 0 Å². The van der Waals surface area contributed by atoms with Gasteiger partial charge in [0.25, 0.3) is 0 Å². The predicted octanol–water partition coefficient (Wildman–Crippen LogP) is 3.63. The van der Waals surface area contributed by atoms with Crippen LogP contribution in [0.5, 0.6) is 5.75 Å². The van der Waals surface area contributed by atoms with Gasteiger partial charge < -0.3 is 15.8 Å². The number of halogens is 1. The summed E-state index contributed by atoms with van der Waals surface area (Å²) in [6.07, 6.45) is 0. The fourth-order valence-electron chi connectivity index (χ4n) is 1.48. The Labute approximate surface area is 114 Å². The molecule has 0 fully saturated rings. The SMILES string of the molecule is COc1ccc(Nc2ccc(I)cc2N)cc1. The molecule has 4 heteroatoms. The maximum absolute atomic E-state index is 5.93. The summed E-state index contributed by atoms with van der Waals surface area (Å²) in [5.41, 5.74) is 8.57. The van der Waals surface area contributed by atoms with Gasteiger partial charge in [-0.25, -0.2) is 0 Å². The van der Waals surface area contributed by atoms with E-state index in [1.54, 1.807) is 7.11 Å². The molecule has 0 heterocycles. The summed E-state index contributed by atoms with van der Waals surface area (Å²) < 4.78 is 6.23. The topological polar surface area (TPSA) is 47.3 Å². The molecule has 88 valence electrons. The molecule has 0 aliphatic heterocycles. The minimum absolute atomic E-state index is 0.743. The van der Waals surface area contributed by atoms with Gasteiger partial charge in [-0.05, 0) is 65.1 Å². The molecule has 2 aromatic rings. The Morgan fingerprint density at radius 3 is 2.41 bits per heavy atom. The van der Waals surface area contributed by atoms with Gasteiger partial charge in [0, 0.05) is 9.26 Å². The van der Waals surface area contributed by atoms with Gasteiger partial charge >= 0.3 is 0 Å². The van der Waals surface area contributed by atoms with Crippen molar-refractivity contribution < 1.29 is 4.74 Å². The molecule has 0 bridgehead atoms. The van der Waals surface area contributed by atoms with E-state index in [-0.39, 0.29) is 0 Å². The molecule has 0 spiro atoms. The van der Waals surface area contributed by atoms with Crippen molar-refractivity contribution in [1.82, 2.24) is 0 Å². The highest BCUT2D eigenvalue weighted by Gasteiger charge is 2.00. The van der Waals surface area contributed by atoms with Crippen molar-refractivity contribution >= 4 is 39.7 Å². The first-order valence-corrected chi connectivity index (χ1v) is 6.23. The third-order valence-corrected chi connectivity index (χ3v) is 3.05. The van der Waals surface area contributed by atoms with Gasteiger partial charge in [0.1, 0.15) is 5.75 Å². The summed E-state index contributed by atoms with van der Waals surface area (Å²) in [6.45, 7) is 0. The number of rotatable bonds is 3. The second-order valence-electron chi connectivity index (χ2n) is 3.59. The molecule has 2 rings (SSSR count). The summed E-state index contributed by atoms with van der Waals surface area (Å²) >= 11 is 2.24. The van der Waals surface area contributed by atoms with E-state index in [1.807, 2.05) is 42.5 Å². The van der Waals surface area contributed by atoms with Crippen molar-refractivity contribution in [3.8, 4) is 5.75 Å². The quantitative estimate of drug-likeness (QED) is 0.663. The lowest BCUT2D eigenvalue weighted by Crippen LogP contribution is -1.96. The summed E-state index contributed by atoms with van der Waals surface area (Å²) in [5, 5.41) is 3.27. The van der Waals surface area contributed by atoms with E-state index < -0.39 is 0 Å². The molecule has 3 nitrogen and oxygen atoms in total. The van der Waals surface area contributed by atoms with Crippen molar-refractivity contribution in [3.63, 3.8) is 0 Å². The largest absolute Gasteiger partial charge is 0.497 e. The van der Waals surface area contributed by atoms with Gasteiger partial charge in [0.15, 0.2) is 0 Å². The lowest BCUT2D eigenvalue weighted by atomic mass is 10.2. The standard InChI is InChI=1S/C13H13IN2O/c1-17-11-5-3-10(4-6-11)16-13-7-2-9(14)8-12(13)15/h2-8,16H,15H2,1H3.